The zero-order valence-electron chi connectivity index (χ0n) is 12.5. The van der Waals surface area contributed by atoms with Gasteiger partial charge in [0.05, 0.1) is 6.04 Å². The van der Waals surface area contributed by atoms with Crippen LogP contribution in [0.3, 0.4) is 0 Å². The molecule has 0 fully saturated rings. The number of nitrogens with one attached hydrogen (secondary N) is 2. The van der Waals surface area contributed by atoms with E-state index < -0.39 is 24.2 Å². The van der Waals surface area contributed by atoms with E-state index in [9.17, 15) is 27.9 Å². The Labute approximate surface area is 145 Å². The molecule has 2 rings (SSSR count). The number of phenols is 1. The molecule has 0 saturated carbocycles. The van der Waals surface area contributed by atoms with Gasteiger partial charge >= 0.3 is 18.1 Å². The Morgan fingerprint density at radius 2 is 1.72 bits per heavy atom. The normalized spacial score (nSPS) is 12.3. The maximum Gasteiger partial charge on any atom is 0.471 e. The quantitative estimate of drug-likeness (QED) is 0.771. The fraction of sp³-hybridized carbons (Fsp3) is 0.125. The molecule has 0 aromatic heterocycles. The summed E-state index contributed by atoms with van der Waals surface area (Å²) in [6.07, 6.45) is -5.20. The number of alkyl halides is 3. The first-order chi connectivity index (χ1) is 11.7. The van der Waals surface area contributed by atoms with Gasteiger partial charge < -0.3 is 10.4 Å². The number of rotatable bonds is 3. The van der Waals surface area contributed by atoms with E-state index in [-0.39, 0.29) is 16.3 Å². The van der Waals surface area contributed by atoms with Crippen molar-refractivity contribution in [3.8, 4) is 5.75 Å². The zero-order valence-corrected chi connectivity index (χ0v) is 13.2. The van der Waals surface area contributed by atoms with Crippen LogP contribution in [-0.4, -0.2) is 23.2 Å². The molecule has 0 bridgehead atoms. The number of phenolic OH excluding ortho intramolecular Hbond substituents is 1. The molecule has 0 aliphatic carbocycles. The van der Waals surface area contributed by atoms with E-state index in [1.165, 1.54) is 23.5 Å². The topological polar surface area (TPSA) is 78.4 Å². The summed E-state index contributed by atoms with van der Waals surface area (Å²) < 4.78 is 36.8. The monoisotopic (exact) mass is 372 g/mol. The predicted molar refractivity (Wildman–Crippen MR) is 84.1 cm³/mol. The van der Waals surface area contributed by atoms with Crippen molar-refractivity contribution in [2.45, 2.75) is 12.2 Å². The fourth-order valence-corrected chi connectivity index (χ4v) is 2.26. The number of urea groups is 1. The van der Waals surface area contributed by atoms with Crippen LogP contribution in [0, 0.1) is 0 Å². The Kier molecular flexibility index (Phi) is 5.53. The van der Waals surface area contributed by atoms with E-state index in [4.69, 9.17) is 11.6 Å². The summed E-state index contributed by atoms with van der Waals surface area (Å²) in [7, 11) is 0. The molecule has 0 aliphatic rings. The second-order valence-corrected chi connectivity index (χ2v) is 5.41. The van der Waals surface area contributed by atoms with Gasteiger partial charge in [-0.2, -0.15) is 13.2 Å². The first kappa shape index (κ1) is 18.6. The summed E-state index contributed by atoms with van der Waals surface area (Å²) in [6, 6.07) is 9.84. The Morgan fingerprint density at radius 3 is 2.32 bits per heavy atom. The number of aromatic hydroxyl groups is 1. The highest BCUT2D eigenvalue weighted by Crippen LogP contribution is 2.31. The second kappa shape index (κ2) is 7.43. The van der Waals surface area contributed by atoms with Crippen molar-refractivity contribution in [3.05, 3.63) is 64.7 Å². The third kappa shape index (κ3) is 4.87. The van der Waals surface area contributed by atoms with E-state index in [0.29, 0.717) is 5.56 Å². The summed E-state index contributed by atoms with van der Waals surface area (Å²) in [5.74, 6) is -2.62. The highest BCUT2D eigenvalue weighted by Gasteiger charge is 2.40. The molecule has 0 unspecified atom stereocenters. The predicted octanol–water partition coefficient (Wildman–Crippen LogP) is 3.52. The minimum Gasteiger partial charge on any atom is -0.508 e. The maximum absolute atomic E-state index is 12.3. The average molecular weight is 373 g/mol. The number of hydrogen-bond acceptors (Lipinski definition) is 3. The number of benzene rings is 2. The molecule has 5 nitrogen and oxygen atoms in total. The second-order valence-electron chi connectivity index (χ2n) is 4.97. The third-order valence-electron chi connectivity index (χ3n) is 3.19. The summed E-state index contributed by atoms with van der Waals surface area (Å²) in [5.41, 5.74) is 0.628. The Hall–Kier alpha value is -2.74. The van der Waals surface area contributed by atoms with Crippen LogP contribution in [0.5, 0.6) is 5.75 Å². The van der Waals surface area contributed by atoms with Gasteiger partial charge in [-0.1, -0.05) is 41.9 Å². The van der Waals surface area contributed by atoms with Gasteiger partial charge in [0, 0.05) is 10.6 Å². The van der Waals surface area contributed by atoms with Crippen LogP contribution in [0.1, 0.15) is 17.2 Å². The summed E-state index contributed by atoms with van der Waals surface area (Å²) >= 11 is 5.89. The summed E-state index contributed by atoms with van der Waals surface area (Å²) in [5, 5.41) is 13.7. The maximum atomic E-state index is 12.3. The van der Waals surface area contributed by atoms with Crippen molar-refractivity contribution in [3.63, 3.8) is 0 Å². The summed E-state index contributed by atoms with van der Waals surface area (Å²) in [4.78, 5) is 22.7. The molecule has 0 spiro atoms. The van der Waals surface area contributed by atoms with E-state index in [2.05, 4.69) is 5.32 Å². The number of hydrogen-bond donors (Lipinski definition) is 3. The molecule has 0 saturated heterocycles. The number of carbonyl (C=O) groups is 2. The molecular formula is C16H12ClF3N2O3. The lowest BCUT2D eigenvalue weighted by Gasteiger charge is -2.21. The highest BCUT2D eigenvalue weighted by molar-refractivity contribution is 6.30. The van der Waals surface area contributed by atoms with Gasteiger partial charge in [0.1, 0.15) is 5.75 Å². The van der Waals surface area contributed by atoms with Crippen molar-refractivity contribution < 1.29 is 27.9 Å². The Morgan fingerprint density at radius 1 is 1.08 bits per heavy atom. The summed E-state index contributed by atoms with van der Waals surface area (Å²) in [6.45, 7) is 0. The lowest BCUT2D eigenvalue weighted by molar-refractivity contribution is -0.172. The van der Waals surface area contributed by atoms with Crippen molar-refractivity contribution in [2.75, 3.05) is 0 Å². The van der Waals surface area contributed by atoms with Crippen LogP contribution >= 0.6 is 11.6 Å². The molecule has 2 aromatic rings. The third-order valence-corrected chi connectivity index (χ3v) is 3.43. The lowest BCUT2D eigenvalue weighted by Crippen LogP contribution is -2.46. The number of halogens is 4. The minimum atomic E-state index is -5.20. The number of carbonyl (C=O) groups excluding carboxylic acids is 2. The van der Waals surface area contributed by atoms with Gasteiger partial charge in [-0.25, -0.2) is 4.79 Å². The molecule has 1 atom stereocenters. The van der Waals surface area contributed by atoms with Gasteiger partial charge in [0.2, 0.25) is 0 Å². The van der Waals surface area contributed by atoms with E-state index in [0.717, 1.165) is 0 Å². The van der Waals surface area contributed by atoms with Crippen LogP contribution in [0.15, 0.2) is 48.5 Å². The Bertz CT molecular complexity index is 782. The fourth-order valence-electron chi connectivity index (χ4n) is 2.08. The van der Waals surface area contributed by atoms with Crippen molar-refractivity contribution in [1.29, 1.82) is 0 Å². The van der Waals surface area contributed by atoms with Crippen molar-refractivity contribution >= 4 is 23.5 Å². The molecule has 3 N–H and O–H groups in total. The van der Waals surface area contributed by atoms with E-state index >= 15 is 0 Å². The van der Waals surface area contributed by atoms with Crippen LogP contribution < -0.4 is 10.6 Å². The number of amides is 3. The van der Waals surface area contributed by atoms with Crippen molar-refractivity contribution in [1.82, 2.24) is 10.6 Å². The molecule has 132 valence electrons. The van der Waals surface area contributed by atoms with E-state index in [1.54, 1.807) is 30.3 Å². The van der Waals surface area contributed by atoms with Gasteiger partial charge in [-0.3, -0.25) is 10.1 Å². The van der Waals surface area contributed by atoms with E-state index in [1.807, 2.05) is 0 Å². The van der Waals surface area contributed by atoms with Gasteiger partial charge in [-0.15, -0.1) is 0 Å². The van der Waals surface area contributed by atoms with Gasteiger partial charge in [0.15, 0.2) is 0 Å². The largest absolute Gasteiger partial charge is 0.508 e. The Balaban J connectivity index is 2.32. The standard InChI is InChI=1S/C16H12ClF3N2O3/c17-10-6-7-12(23)11(8-10)13(9-4-2-1-3-5-9)21-15(25)22-14(24)16(18,19)20/h1-8,13,23H,(H2,21,22,24,25)/t13-/m0/s1. The average Bonchev–Trinajstić information content (AvgIpc) is 2.55. The first-order valence-corrected chi connectivity index (χ1v) is 7.28. The highest BCUT2D eigenvalue weighted by atomic mass is 35.5. The zero-order chi connectivity index (χ0) is 18.6. The van der Waals surface area contributed by atoms with Gasteiger partial charge in [0.25, 0.3) is 0 Å². The molecule has 0 heterocycles. The molecule has 0 aliphatic heterocycles. The van der Waals surface area contributed by atoms with Gasteiger partial charge in [-0.05, 0) is 23.8 Å². The minimum absolute atomic E-state index is 0.160. The number of imide groups is 1. The van der Waals surface area contributed by atoms with Crippen LogP contribution in [0.2, 0.25) is 5.02 Å². The van der Waals surface area contributed by atoms with Crippen LogP contribution in [0.4, 0.5) is 18.0 Å². The molecule has 0 radical (unpaired) electrons. The van der Waals surface area contributed by atoms with Crippen LogP contribution in [0.25, 0.3) is 0 Å². The van der Waals surface area contributed by atoms with Crippen LogP contribution in [-0.2, 0) is 4.79 Å². The van der Waals surface area contributed by atoms with Crippen molar-refractivity contribution in [2.24, 2.45) is 0 Å². The molecule has 9 heteroatoms. The smallest absolute Gasteiger partial charge is 0.471 e. The molecular weight excluding hydrogens is 361 g/mol. The SMILES string of the molecule is O=C(NC(=O)C(F)(F)F)N[C@@H](c1ccccc1)c1cc(Cl)ccc1O. The molecule has 2 aromatic carbocycles. The molecule has 25 heavy (non-hydrogen) atoms. The lowest BCUT2D eigenvalue weighted by atomic mass is 9.98. The first-order valence-electron chi connectivity index (χ1n) is 6.90. The molecule has 3 amide bonds.